The SMILES string of the molecule is COC(=O)[C@H](Cc1ccc(C#C[C@@H]2O[C@H](COC(C)=O)[C@@H](OC(C)=O)[C@H](OC(C)=O)[C@@H]2OC(C)=O)cc1)NC(C)=O. The van der Waals surface area contributed by atoms with E-state index < -0.39 is 66.4 Å². The van der Waals surface area contributed by atoms with E-state index in [0.29, 0.717) is 11.1 Å². The molecule has 13 heteroatoms. The standard InChI is InChI=1S/C28H33NO12/c1-15(30)29-22(28(35)36-6)13-21-9-7-20(8-10-21)11-12-23-25(38-17(3)32)27(40-19(5)34)26(39-18(4)33)24(41-23)14-37-16(2)31/h7-10,22-27H,13-14H2,1-6H3,(H,29,30)/t22-,23-,24+,25+,26+,27+/m0/s1. The lowest BCUT2D eigenvalue weighted by atomic mass is 9.94. The van der Waals surface area contributed by atoms with Gasteiger partial charge in [-0.05, 0) is 17.7 Å². The summed E-state index contributed by atoms with van der Waals surface area (Å²) in [7, 11) is 1.23. The van der Waals surface area contributed by atoms with Crippen LogP contribution in [0.1, 0.15) is 45.7 Å². The van der Waals surface area contributed by atoms with E-state index >= 15 is 0 Å². The third kappa shape index (κ3) is 10.6. The van der Waals surface area contributed by atoms with E-state index in [-0.39, 0.29) is 18.9 Å². The second-order valence-electron chi connectivity index (χ2n) is 9.07. The molecule has 1 heterocycles. The van der Waals surface area contributed by atoms with Crippen LogP contribution in [0.25, 0.3) is 0 Å². The quantitative estimate of drug-likeness (QED) is 0.244. The first-order valence-corrected chi connectivity index (χ1v) is 12.6. The zero-order valence-electron chi connectivity index (χ0n) is 23.6. The smallest absolute Gasteiger partial charge is 0.328 e. The summed E-state index contributed by atoms with van der Waals surface area (Å²) in [6.07, 6.45) is -5.99. The molecule has 6 atom stereocenters. The zero-order valence-corrected chi connectivity index (χ0v) is 23.6. The lowest BCUT2D eigenvalue weighted by Crippen LogP contribution is -2.62. The first-order chi connectivity index (χ1) is 19.3. The fraction of sp³-hybridized carbons (Fsp3) is 0.500. The van der Waals surface area contributed by atoms with Crippen molar-refractivity contribution in [2.45, 2.75) is 77.6 Å². The van der Waals surface area contributed by atoms with E-state index in [9.17, 15) is 28.8 Å². The molecule has 0 radical (unpaired) electrons. The van der Waals surface area contributed by atoms with Crippen molar-refractivity contribution in [1.82, 2.24) is 5.32 Å². The van der Waals surface area contributed by atoms with Gasteiger partial charge in [0.15, 0.2) is 24.4 Å². The summed E-state index contributed by atoms with van der Waals surface area (Å²) in [5.74, 6) is 1.93. The fourth-order valence-electron chi connectivity index (χ4n) is 4.04. The Bertz CT molecular complexity index is 1200. The Morgan fingerprint density at radius 3 is 1.90 bits per heavy atom. The van der Waals surface area contributed by atoms with Crippen LogP contribution in [0.5, 0.6) is 0 Å². The molecule has 222 valence electrons. The van der Waals surface area contributed by atoms with Crippen molar-refractivity contribution in [2.24, 2.45) is 0 Å². The summed E-state index contributed by atoms with van der Waals surface area (Å²) in [6.45, 7) is 5.52. The number of carbonyl (C=O) groups excluding carboxylic acids is 6. The van der Waals surface area contributed by atoms with E-state index in [1.165, 1.54) is 21.0 Å². The maximum Gasteiger partial charge on any atom is 0.328 e. The first kappa shape index (κ1) is 32.8. The van der Waals surface area contributed by atoms with E-state index in [1.807, 2.05) is 0 Å². The van der Waals surface area contributed by atoms with E-state index in [4.69, 9.17) is 28.4 Å². The van der Waals surface area contributed by atoms with E-state index in [1.54, 1.807) is 24.3 Å². The first-order valence-electron chi connectivity index (χ1n) is 12.6. The predicted octanol–water partition coefficient (Wildman–Crippen LogP) is 0.384. The predicted molar refractivity (Wildman–Crippen MR) is 139 cm³/mol. The average Bonchev–Trinajstić information content (AvgIpc) is 2.88. The molecule has 0 bridgehead atoms. The van der Waals surface area contributed by atoms with Crippen molar-refractivity contribution in [2.75, 3.05) is 13.7 Å². The highest BCUT2D eigenvalue weighted by Crippen LogP contribution is 2.29. The van der Waals surface area contributed by atoms with Gasteiger partial charge in [-0.25, -0.2) is 4.79 Å². The largest absolute Gasteiger partial charge is 0.467 e. The Balaban J connectivity index is 2.39. The van der Waals surface area contributed by atoms with Crippen LogP contribution in [0.15, 0.2) is 24.3 Å². The van der Waals surface area contributed by atoms with Crippen molar-refractivity contribution in [3.05, 3.63) is 35.4 Å². The Morgan fingerprint density at radius 2 is 1.39 bits per heavy atom. The lowest BCUT2D eigenvalue weighted by Gasteiger charge is -2.42. The van der Waals surface area contributed by atoms with Gasteiger partial charge in [-0.3, -0.25) is 24.0 Å². The van der Waals surface area contributed by atoms with Gasteiger partial charge in [0.1, 0.15) is 18.8 Å². The Kier molecular flexibility index (Phi) is 12.3. The number of esters is 5. The minimum Gasteiger partial charge on any atom is -0.467 e. The normalized spacial score (nSPS) is 22.0. The second-order valence-corrected chi connectivity index (χ2v) is 9.07. The molecule has 0 unspecified atom stereocenters. The number of amides is 1. The van der Waals surface area contributed by atoms with Crippen molar-refractivity contribution >= 4 is 35.8 Å². The van der Waals surface area contributed by atoms with Gasteiger partial charge in [-0.15, -0.1) is 0 Å². The van der Waals surface area contributed by atoms with Gasteiger partial charge in [0.25, 0.3) is 0 Å². The second kappa shape index (κ2) is 15.4. The summed E-state index contributed by atoms with van der Waals surface area (Å²) in [6, 6.07) is 5.86. The maximum absolute atomic E-state index is 12.0. The van der Waals surface area contributed by atoms with Crippen molar-refractivity contribution in [3.63, 3.8) is 0 Å². The van der Waals surface area contributed by atoms with Gasteiger partial charge in [0.05, 0.1) is 7.11 Å². The molecule has 1 saturated heterocycles. The van der Waals surface area contributed by atoms with Gasteiger partial charge in [-0.2, -0.15) is 0 Å². The number of hydrogen-bond acceptors (Lipinski definition) is 12. The number of carbonyl (C=O) groups is 6. The number of benzene rings is 1. The van der Waals surface area contributed by atoms with Crippen LogP contribution in [0, 0.1) is 11.8 Å². The highest BCUT2D eigenvalue weighted by Gasteiger charge is 2.51. The van der Waals surface area contributed by atoms with Gasteiger partial charge in [0, 0.05) is 46.6 Å². The molecule has 1 aliphatic rings. The molecule has 1 amide bonds. The molecule has 0 aliphatic carbocycles. The van der Waals surface area contributed by atoms with Crippen LogP contribution < -0.4 is 5.32 Å². The molecular weight excluding hydrogens is 542 g/mol. The Morgan fingerprint density at radius 1 is 0.829 bits per heavy atom. The van der Waals surface area contributed by atoms with Crippen LogP contribution in [0.2, 0.25) is 0 Å². The molecule has 1 aromatic carbocycles. The van der Waals surface area contributed by atoms with Gasteiger partial charge in [0.2, 0.25) is 5.91 Å². The number of nitrogens with one attached hydrogen (secondary N) is 1. The van der Waals surface area contributed by atoms with E-state index in [0.717, 1.165) is 20.8 Å². The zero-order chi connectivity index (χ0) is 30.7. The molecule has 0 spiro atoms. The highest BCUT2D eigenvalue weighted by atomic mass is 16.7. The molecule has 0 saturated carbocycles. The summed E-state index contributed by atoms with van der Waals surface area (Å²) in [5, 5.41) is 2.54. The third-order valence-corrected chi connectivity index (χ3v) is 5.61. The number of ether oxygens (including phenoxy) is 6. The van der Waals surface area contributed by atoms with Crippen LogP contribution in [0.4, 0.5) is 0 Å². The number of methoxy groups -OCH3 is 1. The maximum atomic E-state index is 12.0. The molecule has 1 aliphatic heterocycles. The summed E-state index contributed by atoms with van der Waals surface area (Å²) in [5.41, 5.74) is 1.22. The summed E-state index contributed by atoms with van der Waals surface area (Å²) < 4.78 is 31.9. The van der Waals surface area contributed by atoms with Crippen LogP contribution >= 0.6 is 0 Å². The molecule has 41 heavy (non-hydrogen) atoms. The monoisotopic (exact) mass is 575 g/mol. The molecule has 1 fully saturated rings. The van der Waals surface area contributed by atoms with Crippen LogP contribution in [-0.2, 0) is 63.6 Å². The third-order valence-electron chi connectivity index (χ3n) is 5.61. The van der Waals surface area contributed by atoms with Gasteiger partial charge in [-0.1, -0.05) is 24.0 Å². The Labute approximate surface area is 237 Å². The highest BCUT2D eigenvalue weighted by molar-refractivity contribution is 5.83. The topological polar surface area (TPSA) is 170 Å². The molecule has 2 rings (SSSR count). The van der Waals surface area contributed by atoms with Gasteiger partial charge < -0.3 is 33.7 Å². The summed E-state index contributed by atoms with van der Waals surface area (Å²) >= 11 is 0. The van der Waals surface area contributed by atoms with E-state index in [2.05, 4.69) is 17.2 Å². The van der Waals surface area contributed by atoms with Gasteiger partial charge >= 0.3 is 29.8 Å². The summed E-state index contributed by atoms with van der Waals surface area (Å²) in [4.78, 5) is 70.6. The van der Waals surface area contributed by atoms with Crippen molar-refractivity contribution in [1.29, 1.82) is 0 Å². The number of hydrogen-bond donors (Lipinski definition) is 1. The molecule has 1 N–H and O–H groups in total. The molecule has 13 nitrogen and oxygen atoms in total. The van der Waals surface area contributed by atoms with Crippen molar-refractivity contribution in [3.8, 4) is 11.8 Å². The average molecular weight is 576 g/mol. The molecular formula is C28H33NO12. The number of rotatable bonds is 9. The minimum atomic E-state index is -1.32. The molecule has 0 aromatic heterocycles. The Hall–Kier alpha value is -4.44. The van der Waals surface area contributed by atoms with Crippen LogP contribution in [0.3, 0.4) is 0 Å². The van der Waals surface area contributed by atoms with Crippen LogP contribution in [-0.4, -0.2) is 86.0 Å². The fourth-order valence-corrected chi connectivity index (χ4v) is 4.04. The molecule has 1 aromatic rings. The lowest BCUT2D eigenvalue weighted by molar-refractivity contribution is -0.242. The minimum absolute atomic E-state index is 0.180. The van der Waals surface area contributed by atoms with Crippen molar-refractivity contribution < 1.29 is 57.2 Å².